The number of fused-ring (bicyclic) bond motifs is 11. The van der Waals surface area contributed by atoms with E-state index in [2.05, 4.69) is 329 Å². The predicted octanol–water partition coefficient (Wildman–Crippen LogP) is 30.3. The molecular formula is C135H160N14O. The third-order valence-corrected chi connectivity index (χ3v) is 37.4. The van der Waals surface area contributed by atoms with Crippen molar-refractivity contribution in [1.82, 2.24) is 10.6 Å². The first kappa shape index (κ1) is 101. The monoisotopic (exact) mass is 1990 g/mol. The molecule has 15 heteroatoms. The number of aliphatic imine (C=N–C) groups is 6. The highest BCUT2D eigenvalue weighted by Crippen LogP contribution is 2.54. The summed E-state index contributed by atoms with van der Waals surface area (Å²) in [5, 5.41) is 29.5. The first-order valence-electron chi connectivity index (χ1n) is 58.5. The Labute approximate surface area is 893 Å². The summed E-state index contributed by atoms with van der Waals surface area (Å²) in [5.74, 6) is 8.20. The molecule has 3 saturated carbocycles. The van der Waals surface area contributed by atoms with Crippen molar-refractivity contribution in [3.05, 3.63) is 362 Å². The van der Waals surface area contributed by atoms with E-state index in [0.29, 0.717) is 24.2 Å². The van der Waals surface area contributed by atoms with Crippen molar-refractivity contribution in [3.63, 3.8) is 0 Å². The second kappa shape index (κ2) is 46.2. The summed E-state index contributed by atoms with van der Waals surface area (Å²) in [6.45, 7) is 12.4. The van der Waals surface area contributed by atoms with Crippen molar-refractivity contribution < 1.29 is 4.74 Å². The smallest absolute Gasteiger partial charge is 0.108 e. The van der Waals surface area contributed by atoms with E-state index in [4.69, 9.17) is 34.7 Å². The SMILES string of the molecule is C1=C(CCN=C2Nc3ccccc3CC23CCNCC3)c2ccccc2C1.CC(C)CCN=C1Nc2ccccc2CC12CCCCCC2.c1ccc2c(c1)CC1(CCCCC1)C(=NC1CCCc3ccccc31)N2.c1ccc2c(c1)CC1(CCCCC1)C(=NC1CCc3ccccc31)N2.c1ccc2c(c1)CC1(CCNCC1)C(=NC1CCc3ccccc31)N2.c1ccc2c(c1)CC1(CCOCC1)C(=NC1CCc3ccccc31)N2. The molecule has 0 aromatic heterocycles. The number of amidine groups is 6. The minimum Gasteiger partial charge on any atom is -0.381 e. The van der Waals surface area contributed by atoms with Gasteiger partial charge in [-0.15, -0.1) is 0 Å². The largest absolute Gasteiger partial charge is 0.381 e. The normalized spacial score (nSPS) is 24.3. The van der Waals surface area contributed by atoms with Crippen molar-refractivity contribution in [2.24, 2.45) is 68.4 Å². The average Bonchev–Trinajstić information content (AvgIpc) is 1.28. The molecule has 0 bridgehead atoms. The fraction of sp³-hybridized carbons (Fsp3) is 0.452. The number of hydrogen-bond donors (Lipinski definition) is 8. The first-order chi connectivity index (χ1) is 73.9. The van der Waals surface area contributed by atoms with E-state index in [9.17, 15) is 0 Å². The van der Waals surface area contributed by atoms with Crippen LogP contribution in [0.15, 0.2) is 303 Å². The van der Waals surface area contributed by atoms with Crippen LogP contribution in [-0.2, 0) is 75.4 Å². The number of aryl methyl sites for hydroxylation is 4. The van der Waals surface area contributed by atoms with E-state index in [1.54, 1.807) is 0 Å². The lowest BCUT2D eigenvalue weighted by molar-refractivity contribution is 0.0448. The van der Waals surface area contributed by atoms with Gasteiger partial charge in [-0.1, -0.05) is 315 Å². The minimum atomic E-state index is 0.115. The van der Waals surface area contributed by atoms with Crippen molar-refractivity contribution in [2.45, 2.75) is 295 Å². The quantitative estimate of drug-likeness (QED) is 0.0661. The number of piperidine rings is 2. The van der Waals surface area contributed by atoms with Gasteiger partial charge in [0.2, 0.25) is 0 Å². The molecule has 9 aliphatic heterocycles. The third kappa shape index (κ3) is 22.2. The average molecular weight is 1990 g/mol. The lowest BCUT2D eigenvalue weighted by Gasteiger charge is -2.43. The van der Waals surface area contributed by atoms with Crippen LogP contribution in [0.3, 0.4) is 0 Å². The van der Waals surface area contributed by atoms with E-state index < -0.39 is 0 Å². The summed E-state index contributed by atoms with van der Waals surface area (Å²) in [4.78, 5) is 31.6. The van der Waals surface area contributed by atoms with Gasteiger partial charge < -0.3 is 47.3 Å². The molecule has 0 radical (unpaired) electrons. The molecule has 3 saturated heterocycles. The number of allylic oxidation sites excluding steroid dienone is 1. The standard InChI is InChI=1S/C24H27N3.C24H28N2.C23H26N2.C22H25N3.C22H24N2O.C20H30N2/c1-3-7-21-18(5-1)9-10-19(21)11-14-26-23-24(12-15-25-16-13-24)17-20-6-2-4-8-22(20)27-23;1-6-15-24(16-7-1)17-19-10-3-5-13-21(19)25-23(24)26-22-14-8-11-18-9-2-4-12-20(18)22;1-6-14-23(15-7-1)16-18-9-3-5-11-20(18)24-22(23)25-21-13-12-17-8-2-4-10-19(17)21;1-3-7-18-16(5-1)9-10-20(18)25-21-22(11-13-23-14-12-22)15-17-6-2-4-8-19(17)24-21;1-3-7-18-16(5-1)9-10-20(18)24-21-22(11-13-25-14-12-22)15-17-6-2-4-8-19(17)23-21;1-16(2)11-14-21-19-20(12-7-3-4-8-13-20)15-17-9-5-6-10-18(17)22-19/h1-8,10,25H,9,11-17H2,(H,26,27);2-5,9-10,12-13,22H,1,6-8,11,14-17H2,(H,25,26);2-5,8-11,21H,1,6-7,12-16H2,(H,24,25);1-8,20,23H,9-15H2,(H,24,25);1-8,20H,9-15H2,(H,23,24);5-6,9-10,16H,3-4,7-8,11-15H2,1-2H3,(H,21,22). The number of para-hydroxylation sites is 6. The number of benzene rings is 11. The Morgan fingerprint density at radius 2 is 0.540 bits per heavy atom. The van der Waals surface area contributed by atoms with Crippen LogP contribution in [-0.4, -0.2) is 87.5 Å². The molecule has 4 atom stereocenters. The summed E-state index contributed by atoms with van der Waals surface area (Å²) in [6.07, 6.45) is 51.1. The van der Waals surface area contributed by atoms with E-state index in [0.717, 1.165) is 148 Å². The van der Waals surface area contributed by atoms with E-state index in [1.807, 2.05) is 0 Å². The molecule has 28 rings (SSSR count). The molecule has 6 fully saturated rings. The van der Waals surface area contributed by atoms with E-state index in [-0.39, 0.29) is 32.5 Å². The molecule has 11 aromatic rings. The van der Waals surface area contributed by atoms with Crippen molar-refractivity contribution in [1.29, 1.82) is 0 Å². The number of nitrogens with zero attached hydrogens (tertiary/aromatic N) is 6. The highest BCUT2D eigenvalue weighted by atomic mass is 16.5. The van der Waals surface area contributed by atoms with E-state index in [1.165, 1.54) is 331 Å². The third-order valence-electron chi connectivity index (χ3n) is 37.4. The van der Waals surface area contributed by atoms with Crippen LogP contribution in [0.5, 0.6) is 0 Å². The van der Waals surface area contributed by atoms with Gasteiger partial charge in [0.05, 0.1) is 24.2 Å². The summed E-state index contributed by atoms with van der Waals surface area (Å²) < 4.78 is 5.68. The molecule has 17 aliphatic rings. The Morgan fingerprint density at radius 1 is 0.267 bits per heavy atom. The topological polar surface area (TPSA) is 180 Å². The zero-order valence-electron chi connectivity index (χ0n) is 89.4. The molecule has 150 heavy (non-hydrogen) atoms. The Kier molecular flexibility index (Phi) is 31.1. The van der Waals surface area contributed by atoms with Gasteiger partial charge in [0, 0.05) is 92.9 Å². The molecular weight excluding hydrogens is 1830 g/mol. The number of ether oxygens (including phenoxy) is 1. The van der Waals surface area contributed by atoms with Crippen LogP contribution in [0.2, 0.25) is 0 Å². The van der Waals surface area contributed by atoms with Gasteiger partial charge in [-0.3, -0.25) is 30.0 Å². The molecule has 4 unspecified atom stereocenters. The molecule has 6 spiro atoms. The first-order valence-corrected chi connectivity index (χ1v) is 58.5. The lowest BCUT2D eigenvalue weighted by Crippen LogP contribution is -2.48. The molecule has 15 nitrogen and oxygen atoms in total. The molecule has 776 valence electrons. The number of hydrogen-bond acceptors (Lipinski definition) is 9. The maximum atomic E-state index is 5.68. The van der Waals surface area contributed by atoms with Crippen LogP contribution < -0.4 is 42.5 Å². The molecule has 11 aromatic carbocycles. The van der Waals surface area contributed by atoms with Crippen LogP contribution in [0.4, 0.5) is 34.1 Å². The van der Waals surface area contributed by atoms with E-state index >= 15 is 0 Å². The maximum Gasteiger partial charge on any atom is 0.108 e. The minimum absolute atomic E-state index is 0.115. The van der Waals surface area contributed by atoms with Gasteiger partial charge in [0.15, 0.2) is 0 Å². The number of rotatable bonds is 10. The van der Waals surface area contributed by atoms with Gasteiger partial charge in [-0.25, -0.2) is 0 Å². The Balaban J connectivity index is 0.0000000987. The molecule has 9 heterocycles. The van der Waals surface area contributed by atoms with Crippen molar-refractivity contribution in [3.8, 4) is 0 Å². The fourth-order valence-electron chi connectivity index (χ4n) is 28.8. The Morgan fingerprint density at radius 3 is 0.900 bits per heavy atom. The van der Waals surface area contributed by atoms with Crippen LogP contribution in [0, 0.1) is 38.4 Å². The second-order valence-corrected chi connectivity index (χ2v) is 47.3. The van der Waals surface area contributed by atoms with Crippen LogP contribution in [0.25, 0.3) is 5.57 Å². The van der Waals surface area contributed by atoms with Crippen molar-refractivity contribution in [2.75, 3.05) is 84.4 Å². The predicted molar refractivity (Wildman–Crippen MR) is 627 cm³/mol. The lowest BCUT2D eigenvalue weighted by atomic mass is 9.67. The van der Waals surface area contributed by atoms with Crippen LogP contribution >= 0.6 is 0 Å². The zero-order valence-corrected chi connectivity index (χ0v) is 89.4. The summed E-state index contributed by atoms with van der Waals surface area (Å²) in [5.41, 5.74) is 33.5. The number of anilines is 6. The molecule has 8 aliphatic carbocycles. The Hall–Kier alpha value is -12.1. The Bertz CT molecular complexity index is 6450. The van der Waals surface area contributed by atoms with Gasteiger partial charge in [-0.05, 0) is 356 Å². The summed E-state index contributed by atoms with van der Waals surface area (Å²) in [7, 11) is 0. The fourth-order valence-corrected chi connectivity index (χ4v) is 28.8. The maximum absolute atomic E-state index is 5.68. The second-order valence-electron chi connectivity index (χ2n) is 47.3. The van der Waals surface area contributed by atoms with Crippen molar-refractivity contribution >= 4 is 74.7 Å². The van der Waals surface area contributed by atoms with Gasteiger partial charge in [0.25, 0.3) is 0 Å². The molecule has 0 amide bonds. The van der Waals surface area contributed by atoms with Crippen LogP contribution in [0.1, 0.15) is 313 Å². The zero-order chi connectivity index (χ0) is 101. The highest BCUT2D eigenvalue weighted by molar-refractivity contribution is 6.07. The number of nitrogens with one attached hydrogen (secondary N) is 8. The summed E-state index contributed by atoms with van der Waals surface area (Å²) in [6, 6.07) is 98.1. The van der Waals surface area contributed by atoms with Gasteiger partial charge >= 0.3 is 0 Å². The highest BCUT2D eigenvalue weighted by Gasteiger charge is 2.49. The summed E-state index contributed by atoms with van der Waals surface area (Å²) >= 11 is 0. The molecule has 8 N–H and O–H groups in total. The van der Waals surface area contributed by atoms with Gasteiger partial charge in [-0.2, -0.15) is 0 Å². The van der Waals surface area contributed by atoms with Gasteiger partial charge in [0.1, 0.15) is 35.0 Å².